The first-order valence-corrected chi connectivity index (χ1v) is 5.60. The van der Waals surface area contributed by atoms with Crippen molar-refractivity contribution in [2.75, 3.05) is 13.6 Å². The van der Waals surface area contributed by atoms with Gasteiger partial charge in [0.25, 0.3) is 0 Å². The largest absolute Gasteiger partial charge is 0.550 e. The Morgan fingerprint density at radius 3 is 2.00 bits per heavy atom. The Labute approximate surface area is 87.9 Å². The van der Waals surface area contributed by atoms with Crippen molar-refractivity contribution >= 4 is 5.97 Å². The molecule has 0 amide bonds. The summed E-state index contributed by atoms with van der Waals surface area (Å²) in [5.74, 6) is -1.08. The van der Waals surface area contributed by atoms with Gasteiger partial charge in [0.15, 0.2) is 0 Å². The molecule has 0 unspecified atom stereocenters. The summed E-state index contributed by atoms with van der Waals surface area (Å²) in [6.07, 6.45) is 8.52. The fourth-order valence-corrected chi connectivity index (χ4v) is 1.13. The number of unbranched alkanes of at least 4 members (excludes halogenated alkanes) is 5. The van der Waals surface area contributed by atoms with E-state index < -0.39 is 5.97 Å². The van der Waals surface area contributed by atoms with Gasteiger partial charge < -0.3 is 15.2 Å². The topological polar surface area (TPSA) is 56.7 Å². The predicted molar refractivity (Wildman–Crippen MR) is 56.8 cm³/mol. The Morgan fingerprint density at radius 2 is 1.57 bits per heavy atom. The van der Waals surface area contributed by atoms with Crippen molar-refractivity contribution in [2.24, 2.45) is 0 Å². The van der Waals surface area contributed by atoms with Gasteiger partial charge in [0, 0.05) is 5.97 Å². The van der Waals surface area contributed by atoms with Gasteiger partial charge in [-0.25, -0.2) is 0 Å². The van der Waals surface area contributed by atoms with Crippen molar-refractivity contribution in [3.8, 4) is 0 Å². The van der Waals surface area contributed by atoms with E-state index in [0.717, 1.165) is 6.92 Å². The molecule has 0 radical (unpaired) electrons. The van der Waals surface area contributed by atoms with Crippen LogP contribution in [-0.4, -0.2) is 19.6 Å². The quantitative estimate of drug-likeness (QED) is 0.605. The molecule has 3 heteroatoms. The highest BCUT2D eigenvalue weighted by Crippen LogP contribution is 2.03. The smallest absolute Gasteiger partial charge is 0.0753 e. The van der Waals surface area contributed by atoms with Crippen molar-refractivity contribution in [1.29, 1.82) is 0 Å². The molecule has 14 heavy (non-hydrogen) atoms. The molecule has 0 aromatic rings. The first kappa shape index (κ1) is 15.9. The summed E-state index contributed by atoms with van der Waals surface area (Å²) in [6, 6.07) is 0. The zero-order valence-corrected chi connectivity index (χ0v) is 9.84. The molecule has 0 rings (SSSR count). The summed E-state index contributed by atoms with van der Waals surface area (Å²) < 4.78 is 0. The van der Waals surface area contributed by atoms with Crippen molar-refractivity contribution < 1.29 is 15.2 Å². The third kappa shape index (κ3) is 30.1. The van der Waals surface area contributed by atoms with Crippen LogP contribution in [0.25, 0.3) is 0 Å². The van der Waals surface area contributed by atoms with E-state index in [0.29, 0.717) is 0 Å². The lowest BCUT2D eigenvalue weighted by Crippen LogP contribution is -2.79. The molecule has 0 aliphatic heterocycles. The average molecular weight is 203 g/mol. The average Bonchev–Trinajstić information content (AvgIpc) is 2.10. The molecular weight excluding hydrogens is 178 g/mol. The Bertz CT molecular complexity index is 104. The van der Waals surface area contributed by atoms with Crippen LogP contribution in [-0.2, 0) is 4.79 Å². The molecule has 3 nitrogen and oxygen atoms in total. The van der Waals surface area contributed by atoms with E-state index in [1.807, 2.05) is 0 Å². The maximum Gasteiger partial charge on any atom is 0.0753 e. The second kappa shape index (κ2) is 14.9. The van der Waals surface area contributed by atoms with Gasteiger partial charge in [0.1, 0.15) is 0 Å². The van der Waals surface area contributed by atoms with Crippen LogP contribution in [0.5, 0.6) is 0 Å². The normalized spacial score (nSPS) is 9.07. The number of rotatable bonds is 7. The number of carboxylic acids is 1. The second-order valence-corrected chi connectivity index (χ2v) is 3.46. The maximum absolute atomic E-state index is 8.89. The van der Waals surface area contributed by atoms with Gasteiger partial charge >= 0.3 is 0 Å². The van der Waals surface area contributed by atoms with E-state index in [1.165, 1.54) is 45.1 Å². The third-order valence-corrected chi connectivity index (χ3v) is 1.85. The Balaban J connectivity index is 0. The van der Waals surface area contributed by atoms with Gasteiger partial charge in [-0.15, -0.1) is 0 Å². The van der Waals surface area contributed by atoms with Gasteiger partial charge in [0.2, 0.25) is 0 Å². The van der Waals surface area contributed by atoms with Crippen molar-refractivity contribution in [1.82, 2.24) is 0 Å². The Hall–Kier alpha value is -0.570. The zero-order chi connectivity index (χ0) is 11.2. The number of carbonyl (C=O) groups is 1. The molecule has 0 saturated heterocycles. The molecule has 0 atom stereocenters. The summed E-state index contributed by atoms with van der Waals surface area (Å²) in [7, 11) is 2.14. The monoisotopic (exact) mass is 203 g/mol. The highest BCUT2D eigenvalue weighted by Gasteiger charge is 1.88. The number of carboxylic acid groups (broad SMARTS) is 1. The number of hydrogen-bond acceptors (Lipinski definition) is 2. The lowest BCUT2D eigenvalue weighted by Gasteiger charge is -1.97. The van der Waals surface area contributed by atoms with E-state index in [2.05, 4.69) is 19.3 Å². The van der Waals surface area contributed by atoms with Gasteiger partial charge in [-0.1, -0.05) is 32.6 Å². The van der Waals surface area contributed by atoms with Crippen molar-refractivity contribution in [3.05, 3.63) is 0 Å². The van der Waals surface area contributed by atoms with Gasteiger partial charge in [-0.2, -0.15) is 0 Å². The van der Waals surface area contributed by atoms with E-state index in [-0.39, 0.29) is 0 Å². The molecule has 86 valence electrons. The van der Waals surface area contributed by atoms with Crippen LogP contribution in [0, 0.1) is 0 Å². The van der Waals surface area contributed by atoms with Crippen LogP contribution in [0.15, 0.2) is 0 Å². The van der Waals surface area contributed by atoms with E-state index in [4.69, 9.17) is 9.90 Å². The van der Waals surface area contributed by atoms with E-state index in [9.17, 15) is 0 Å². The van der Waals surface area contributed by atoms with Gasteiger partial charge in [-0.3, -0.25) is 0 Å². The standard InChI is InChI=1S/C9H21N.C2H4O2/c1-3-4-5-6-7-8-9-10-2;1-2(3)4/h10H,3-9H2,1-2H3;1H3,(H,3,4). The Morgan fingerprint density at radius 1 is 1.14 bits per heavy atom. The van der Waals surface area contributed by atoms with Crippen LogP contribution in [0.1, 0.15) is 52.4 Å². The van der Waals surface area contributed by atoms with Gasteiger partial charge in [-0.05, 0) is 19.8 Å². The molecule has 0 bridgehead atoms. The molecule has 0 aliphatic carbocycles. The molecule has 0 heterocycles. The lowest BCUT2D eigenvalue weighted by molar-refractivity contribution is -0.627. The summed E-state index contributed by atoms with van der Waals surface area (Å²) in [6.45, 7) is 4.55. The minimum Gasteiger partial charge on any atom is -0.550 e. The maximum atomic E-state index is 8.89. The van der Waals surface area contributed by atoms with Crippen LogP contribution >= 0.6 is 0 Å². The van der Waals surface area contributed by atoms with Crippen LogP contribution in [0.2, 0.25) is 0 Å². The molecule has 2 N–H and O–H groups in total. The molecule has 0 aliphatic rings. The number of aliphatic carboxylic acids is 1. The highest BCUT2D eigenvalue weighted by molar-refractivity contribution is 5.60. The fraction of sp³-hybridized carbons (Fsp3) is 0.909. The highest BCUT2D eigenvalue weighted by atomic mass is 16.4. The van der Waals surface area contributed by atoms with Crippen LogP contribution in [0.4, 0.5) is 0 Å². The third-order valence-electron chi connectivity index (χ3n) is 1.85. The lowest BCUT2D eigenvalue weighted by atomic mass is 10.1. The van der Waals surface area contributed by atoms with Gasteiger partial charge in [0.05, 0.1) is 13.6 Å². The van der Waals surface area contributed by atoms with Crippen LogP contribution in [0.3, 0.4) is 0 Å². The Kier molecular flexibility index (Phi) is 16.9. The minimum absolute atomic E-state index is 0.972. The fourth-order valence-electron chi connectivity index (χ4n) is 1.13. The molecule has 0 saturated carbocycles. The summed E-state index contributed by atoms with van der Waals surface area (Å²) >= 11 is 0. The zero-order valence-electron chi connectivity index (χ0n) is 9.84. The number of quaternary nitrogens is 1. The van der Waals surface area contributed by atoms with Crippen molar-refractivity contribution in [2.45, 2.75) is 52.4 Å². The van der Waals surface area contributed by atoms with Crippen molar-refractivity contribution in [3.63, 3.8) is 0 Å². The SMILES string of the molecule is CC(=O)[O-].CCCCCCCC[NH2+]C. The molecule has 0 aromatic carbocycles. The van der Waals surface area contributed by atoms with Crippen LogP contribution < -0.4 is 10.4 Å². The molecular formula is C11H25NO2. The second-order valence-electron chi connectivity index (χ2n) is 3.46. The number of nitrogens with two attached hydrogens (primary N) is 1. The number of carbonyl (C=O) groups excluding carboxylic acids is 1. The first-order valence-electron chi connectivity index (χ1n) is 5.60. The first-order chi connectivity index (χ1) is 6.65. The van der Waals surface area contributed by atoms with E-state index in [1.54, 1.807) is 0 Å². The number of hydrogen-bond donors (Lipinski definition) is 1. The predicted octanol–water partition coefficient (Wildman–Crippen LogP) is 0.296. The molecule has 0 fully saturated rings. The minimum atomic E-state index is -1.08. The van der Waals surface area contributed by atoms with E-state index >= 15 is 0 Å². The molecule has 0 aromatic heterocycles. The summed E-state index contributed by atoms with van der Waals surface area (Å²) in [5, 5.41) is 11.2. The molecule has 0 spiro atoms. The summed E-state index contributed by atoms with van der Waals surface area (Å²) in [4.78, 5) is 8.89. The summed E-state index contributed by atoms with van der Waals surface area (Å²) in [5.41, 5.74) is 0.